The number of phosphoric acid groups is 1. The van der Waals surface area contributed by atoms with Crippen molar-refractivity contribution >= 4 is 7.82 Å². The first-order valence-electron chi connectivity index (χ1n) is 0.948. The monoisotopic (exact) mass is 313 g/mol. The fourth-order valence-electron chi connectivity index (χ4n) is 0. The zero-order valence-corrected chi connectivity index (χ0v) is 9.64. The molecule has 0 bridgehead atoms. The van der Waals surface area contributed by atoms with Gasteiger partial charge in [0.25, 0.3) is 0 Å². The summed E-state index contributed by atoms with van der Waals surface area (Å²) in [6.07, 6.45) is 0. The minimum absolute atomic E-state index is 0. The minimum Gasteiger partial charge on any atom is 0 e. The zero-order chi connectivity index (χ0) is 5.21. The average molecular weight is 313 g/mol. The molecule has 0 amide bonds. The summed E-state index contributed by atoms with van der Waals surface area (Å²) in [7, 11) is -4.17. The molecule has 0 unspecified atom stereocenters. The van der Waals surface area contributed by atoms with E-state index in [0.717, 1.165) is 0 Å². The molecule has 0 heterocycles. The van der Waals surface area contributed by atoms with E-state index in [1.807, 2.05) is 0 Å². The second-order valence-electron chi connectivity index (χ2n) is 0.572. The van der Waals surface area contributed by atoms with E-state index in [1.54, 1.807) is 0 Å². The predicted octanol–water partition coefficient (Wildman–Crippen LogP) is -0.450. The van der Waals surface area contributed by atoms with Gasteiger partial charge in [-0.15, -0.1) is 0 Å². The summed E-state index contributed by atoms with van der Waals surface area (Å²) in [5, 5.41) is 0. The quantitative estimate of drug-likeness (QED) is 0.508. The minimum atomic E-state index is -4.17. The van der Waals surface area contributed by atoms with Gasteiger partial charge in [-0.2, -0.15) is 0 Å². The number of rotatable bonds is 1. The van der Waals surface area contributed by atoms with Crippen LogP contribution in [0.4, 0.5) is 0 Å². The van der Waals surface area contributed by atoms with Crippen molar-refractivity contribution < 1.29 is 90.6 Å². The van der Waals surface area contributed by atoms with Gasteiger partial charge in [-0.3, -0.25) is 0 Å². The molecule has 4 nitrogen and oxygen atoms in total. The van der Waals surface area contributed by atoms with Crippen LogP contribution < -0.4 is 0 Å². The molecule has 0 saturated carbocycles. The molecular formula is H2CoNiO4PTiV. The van der Waals surface area contributed by atoms with Crippen LogP contribution in [0.5, 0.6) is 0 Å². The van der Waals surface area contributed by atoms with Crippen LogP contribution in [0.2, 0.25) is 0 Å². The summed E-state index contributed by atoms with van der Waals surface area (Å²) in [6, 6.07) is 0. The van der Waals surface area contributed by atoms with Crippen molar-refractivity contribution in [3.63, 3.8) is 0 Å². The molecule has 0 aromatic heterocycles. The van der Waals surface area contributed by atoms with Crippen molar-refractivity contribution in [3.8, 4) is 0 Å². The summed E-state index contributed by atoms with van der Waals surface area (Å²) in [5.74, 6) is 0. The van der Waals surface area contributed by atoms with E-state index in [9.17, 15) is 4.57 Å². The van der Waals surface area contributed by atoms with Gasteiger partial charge in [0.15, 0.2) is 0 Å². The van der Waals surface area contributed by atoms with Crippen molar-refractivity contribution in [2.75, 3.05) is 0 Å². The van der Waals surface area contributed by atoms with E-state index in [2.05, 4.69) is 3.45 Å². The summed E-state index contributed by atoms with van der Waals surface area (Å²) in [4.78, 5) is 15.4. The Morgan fingerprint density at radius 1 is 1.44 bits per heavy atom. The van der Waals surface area contributed by atoms with E-state index in [1.165, 1.54) is 17.8 Å². The zero-order valence-electron chi connectivity index (χ0n) is 3.75. The predicted molar refractivity (Wildman–Crippen MR) is 13.1 cm³/mol. The molecule has 0 aromatic rings. The Hall–Kier alpha value is 2.41. The average Bonchev–Trinajstić information content (AvgIpc) is 1.35. The Morgan fingerprint density at radius 3 is 1.56 bits per heavy atom. The molecule has 1 radical (unpaired) electrons. The molecule has 9 heavy (non-hydrogen) atoms. The van der Waals surface area contributed by atoms with E-state index in [-0.39, 0.29) is 55.0 Å². The maximum Gasteiger partial charge on any atom is 0 e. The van der Waals surface area contributed by atoms with Gasteiger partial charge in [-0.1, -0.05) is 0 Å². The van der Waals surface area contributed by atoms with Gasteiger partial charge in [-0.05, 0) is 0 Å². The molecule has 0 atom stereocenters. The van der Waals surface area contributed by atoms with Crippen molar-refractivity contribution in [2.45, 2.75) is 0 Å². The van der Waals surface area contributed by atoms with Crippen LogP contribution in [0.25, 0.3) is 0 Å². The van der Waals surface area contributed by atoms with Crippen LogP contribution in [-0.4, -0.2) is 9.79 Å². The smallest absolute Gasteiger partial charge is 0 e. The van der Waals surface area contributed by atoms with E-state index in [4.69, 9.17) is 9.79 Å². The van der Waals surface area contributed by atoms with Crippen LogP contribution in [0.3, 0.4) is 0 Å². The molecule has 0 aliphatic heterocycles. The van der Waals surface area contributed by atoms with Gasteiger partial charge >= 0.3 is 43.4 Å². The molecule has 0 aromatic carbocycles. The third-order valence-electron chi connectivity index (χ3n) is 0.106. The summed E-state index contributed by atoms with van der Waals surface area (Å²) in [5.41, 5.74) is 0. The SMILES string of the molecule is O=P(O)(O)[O][V].[Co].[Ni].[Ti]. The van der Waals surface area contributed by atoms with Crippen LogP contribution in [0.1, 0.15) is 0 Å². The maximum atomic E-state index is 9.46. The number of hydrogen-bond acceptors (Lipinski definition) is 2. The fourth-order valence-corrected chi connectivity index (χ4v) is 0. The summed E-state index contributed by atoms with van der Waals surface area (Å²) >= 11 is 1.33. The van der Waals surface area contributed by atoms with Gasteiger partial charge in [0.2, 0.25) is 0 Å². The topological polar surface area (TPSA) is 66.8 Å². The Labute approximate surface area is 97.5 Å². The van der Waals surface area contributed by atoms with Gasteiger partial charge in [0, 0.05) is 55.0 Å². The summed E-state index contributed by atoms with van der Waals surface area (Å²) in [6.45, 7) is 0. The molecule has 0 fully saturated rings. The third-order valence-corrected chi connectivity index (χ3v) is 1.32. The molecule has 0 aliphatic rings. The van der Waals surface area contributed by atoms with Crippen molar-refractivity contribution in [1.82, 2.24) is 0 Å². The molecular weight excluding hydrogens is 311 g/mol. The third kappa shape index (κ3) is 25.2. The van der Waals surface area contributed by atoms with E-state index in [0.29, 0.717) is 0 Å². The first-order valence-corrected chi connectivity index (χ1v) is 3.05. The Morgan fingerprint density at radius 2 is 1.56 bits per heavy atom. The van der Waals surface area contributed by atoms with Crippen LogP contribution >= 0.6 is 7.82 Å². The normalized spacial score (nSPS) is 7.78. The molecule has 9 heteroatoms. The second kappa shape index (κ2) is 10.4. The molecule has 0 rings (SSSR count). The number of hydrogen-bond donors (Lipinski definition) is 2. The van der Waals surface area contributed by atoms with Crippen LogP contribution in [0, 0.1) is 0 Å². The van der Waals surface area contributed by atoms with E-state index < -0.39 is 7.82 Å². The van der Waals surface area contributed by atoms with Crippen molar-refractivity contribution in [1.29, 1.82) is 0 Å². The van der Waals surface area contributed by atoms with Gasteiger partial charge < -0.3 is 0 Å². The Kier molecular flexibility index (Phi) is 26.0. The first-order chi connectivity index (χ1) is 2.56. The largest absolute Gasteiger partial charge is 0 e. The van der Waals surface area contributed by atoms with Gasteiger partial charge in [0.05, 0.1) is 0 Å². The van der Waals surface area contributed by atoms with E-state index >= 15 is 0 Å². The first kappa shape index (κ1) is 22.5. The van der Waals surface area contributed by atoms with Crippen molar-refractivity contribution in [2.24, 2.45) is 0 Å². The Bertz CT molecular complexity index is 84.6. The van der Waals surface area contributed by atoms with Gasteiger partial charge in [-0.25, -0.2) is 0 Å². The molecule has 0 spiro atoms. The van der Waals surface area contributed by atoms with Crippen LogP contribution in [-0.2, 0) is 80.8 Å². The Balaban J connectivity index is -0.0000000417. The van der Waals surface area contributed by atoms with Crippen LogP contribution in [0.15, 0.2) is 0 Å². The molecule has 0 aliphatic carbocycles. The molecule has 2 N–H and O–H groups in total. The maximum absolute atomic E-state index is 9.46. The second-order valence-corrected chi connectivity index (χ2v) is 2.48. The van der Waals surface area contributed by atoms with Crippen molar-refractivity contribution in [3.05, 3.63) is 0 Å². The van der Waals surface area contributed by atoms with Gasteiger partial charge in [0.1, 0.15) is 0 Å². The fraction of sp³-hybridized carbons (Fsp3) is 0. The summed E-state index contributed by atoms with van der Waals surface area (Å²) < 4.78 is 13.0. The molecule has 59 valence electrons. The standard InChI is InChI=1S/Co.Ni.H3O4P.Ti.V/c;;1-5(2,3)4;;/h;;(H3,1,2,3,4);;/q;;;;+1/p-1. The molecule has 0 saturated heterocycles.